The van der Waals surface area contributed by atoms with Crippen molar-refractivity contribution in [2.45, 2.75) is 58.0 Å². The van der Waals surface area contributed by atoms with Crippen LogP contribution in [0.4, 0.5) is 0 Å². The number of likely N-dealkylation sites (tertiary alicyclic amines) is 2. The average molecular weight is 369 g/mol. The molecule has 0 saturated carbocycles. The van der Waals surface area contributed by atoms with E-state index in [0.717, 1.165) is 71.2 Å². The zero-order chi connectivity index (χ0) is 18.5. The highest BCUT2D eigenvalue weighted by molar-refractivity contribution is 5.80. The van der Waals surface area contributed by atoms with Crippen LogP contribution in [0.3, 0.4) is 0 Å². The van der Waals surface area contributed by atoms with E-state index in [1.54, 1.807) is 7.11 Å². The van der Waals surface area contributed by atoms with Crippen LogP contribution in [0.1, 0.15) is 51.9 Å². The van der Waals surface area contributed by atoms with Gasteiger partial charge in [-0.25, -0.2) is 0 Å². The second-order valence-corrected chi connectivity index (χ2v) is 7.40. The van der Waals surface area contributed by atoms with Gasteiger partial charge in [-0.1, -0.05) is 12.8 Å². The van der Waals surface area contributed by atoms with Crippen molar-refractivity contribution in [3.8, 4) is 0 Å². The summed E-state index contributed by atoms with van der Waals surface area (Å²) < 4.78 is 11.1. The minimum atomic E-state index is 0.392. The highest BCUT2D eigenvalue weighted by Crippen LogP contribution is 2.14. The van der Waals surface area contributed by atoms with Crippen LogP contribution in [0.5, 0.6) is 0 Å². The number of methoxy groups -OCH3 is 1. The average Bonchev–Trinajstić information content (AvgIpc) is 2.94. The Morgan fingerprint density at radius 3 is 2.42 bits per heavy atom. The van der Waals surface area contributed by atoms with E-state index in [9.17, 15) is 0 Å². The summed E-state index contributed by atoms with van der Waals surface area (Å²) in [6, 6.07) is 0. The number of piperidine rings is 1. The lowest BCUT2D eigenvalue weighted by atomic mass is 10.1. The van der Waals surface area contributed by atoms with Gasteiger partial charge in [-0.3, -0.25) is 4.99 Å². The maximum absolute atomic E-state index is 5.97. The van der Waals surface area contributed by atoms with Crippen LogP contribution < -0.4 is 5.32 Å². The second-order valence-electron chi connectivity index (χ2n) is 7.40. The summed E-state index contributed by atoms with van der Waals surface area (Å²) in [7, 11) is 1.74. The molecule has 6 nitrogen and oxygen atoms in total. The molecule has 0 aromatic carbocycles. The van der Waals surface area contributed by atoms with E-state index < -0.39 is 0 Å². The fourth-order valence-corrected chi connectivity index (χ4v) is 3.77. The van der Waals surface area contributed by atoms with Crippen LogP contribution >= 0.6 is 0 Å². The van der Waals surface area contributed by atoms with Crippen LogP contribution in [0.15, 0.2) is 4.99 Å². The van der Waals surface area contributed by atoms with Gasteiger partial charge >= 0.3 is 0 Å². The Morgan fingerprint density at radius 1 is 1.04 bits per heavy atom. The van der Waals surface area contributed by atoms with Crippen LogP contribution in [0.25, 0.3) is 0 Å². The number of hydrogen-bond donors (Lipinski definition) is 1. The van der Waals surface area contributed by atoms with Crippen LogP contribution in [0, 0.1) is 0 Å². The summed E-state index contributed by atoms with van der Waals surface area (Å²) in [5.41, 5.74) is 0. The molecule has 2 aliphatic rings. The summed E-state index contributed by atoms with van der Waals surface area (Å²) in [6.45, 7) is 11.2. The maximum atomic E-state index is 5.97. The van der Waals surface area contributed by atoms with Gasteiger partial charge in [-0.05, 0) is 52.1 Å². The number of guanidine groups is 1. The van der Waals surface area contributed by atoms with E-state index >= 15 is 0 Å². The van der Waals surface area contributed by atoms with Gasteiger partial charge in [0.25, 0.3) is 0 Å². The van der Waals surface area contributed by atoms with Crippen LogP contribution in [0.2, 0.25) is 0 Å². The molecule has 0 unspecified atom stereocenters. The molecule has 0 aromatic heterocycles. The highest BCUT2D eigenvalue weighted by Gasteiger charge is 2.21. The second kappa shape index (κ2) is 13.3. The maximum Gasteiger partial charge on any atom is 0.193 e. The molecule has 0 amide bonds. The summed E-state index contributed by atoms with van der Waals surface area (Å²) >= 11 is 0. The molecule has 152 valence electrons. The zero-order valence-corrected chi connectivity index (χ0v) is 17.0. The van der Waals surface area contributed by atoms with Gasteiger partial charge in [0.05, 0.1) is 12.6 Å². The van der Waals surface area contributed by atoms with Crippen molar-refractivity contribution in [1.29, 1.82) is 0 Å². The van der Waals surface area contributed by atoms with E-state index in [1.165, 1.54) is 38.8 Å². The van der Waals surface area contributed by atoms with Gasteiger partial charge in [0, 0.05) is 46.5 Å². The van der Waals surface area contributed by atoms with Crippen molar-refractivity contribution in [2.24, 2.45) is 4.99 Å². The fourth-order valence-electron chi connectivity index (χ4n) is 3.77. The molecule has 0 bridgehead atoms. The standard InChI is InChI=1S/C20H40N4O2/c1-3-21-20(22-11-16-23-12-6-4-5-7-13-23)24-14-9-19(10-15-24)26-18-8-17-25-2/h19H,3-18H2,1-2H3,(H,21,22). The van der Waals surface area contributed by atoms with Crippen molar-refractivity contribution >= 4 is 5.96 Å². The Hall–Kier alpha value is -0.850. The van der Waals surface area contributed by atoms with E-state index in [4.69, 9.17) is 14.5 Å². The van der Waals surface area contributed by atoms with E-state index in [2.05, 4.69) is 22.0 Å². The van der Waals surface area contributed by atoms with Crippen molar-refractivity contribution in [3.63, 3.8) is 0 Å². The zero-order valence-electron chi connectivity index (χ0n) is 17.0. The molecule has 0 spiro atoms. The van der Waals surface area contributed by atoms with Gasteiger partial charge in [-0.15, -0.1) is 0 Å². The molecule has 2 rings (SSSR count). The van der Waals surface area contributed by atoms with E-state index in [0.29, 0.717) is 6.10 Å². The Labute approximate surface area is 160 Å². The summed E-state index contributed by atoms with van der Waals surface area (Å²) in [6.07, 6.45) is 9.03. The lowest BCUT2D eigenvalue weighted by Crippen LogP contribution is -2.47. The van der Waals surface area contributed by atoms with Crippen molar-refractivity contribution in [3.05, 3.63) is 0 Å². The Balaban J connectivity index is 1.70. The summed E-state index contributed by atoms with van der Waals surface area (Å²) in [5, 5.41) is 3.48. The van der Waals surface area contributed by atoms with Gasteiger partial charge in [0.15, 0.2) is 5.96 Å². The minimum Gasteiger partial charge on any atom is -0.385 e. The van der Waals surface area contributed by atoms with E-state index in [-0.39, 0.29) is 0 Å². The molecular weight excluding hydrogens is 328 g/mol. The molecule has 2 heterocycles. The van der Waals surface area contributed by atoms with Gasteiger partial charge in [-0.2, -0.15) is 0 Å². The van der Waals surface area contributed by atoms with Crippen molar-refractivity contribution < 1.29 is 9.47 Å². The van der Waals surface area contributed by atoms with Gasteiger partial charge < -0.3 is 24.6 Å². The van der Waals surface area contributed by atoms with Gasteiger partial charge in [0.2, 0.25) is 0 Å². The first kappa shape index (κ1) is 21.5. The molecular formula is C20H40N4O2. The molecule has 2 aliphatic heterocycles. The first-order chi connectivity index (χ1) is 12.8. The monoisotopic (exact) mass is 368 g/mol. The molecule has 0 radical (unpaired) electrons. The lowest BCUT2D eigenvalue weighted by Gasteiger charge is -2.34. The predicted octanol–water partition coefficient (Wildman–Crippen LogP) is 2.35. The molecule has 0 aliphatic carbocycles. The third-order valence-electron chi connectivity index (χ3n) is 5.30. The third-order valence-corrected chi connectivity index (χ3v) is 5.30. The highest BCUT2D eigenvalue weighted by atomic mass is 16.5. The van der Waals surface area contributed by atoms with E-state index in [1.807, 2.05) is 0 Å². The first-order valence-electron chi connectivity index (χ1n) is 10.7. The molecule has 6 heteroatoms. The Morgan fingerprint density at radius 2 is 1.77 bits per heavy atom. The Kier molecular flexibility index (Phi) is 11.0. The predicted molar refractivity (Wildman–Crippen MR) is 108 cm³/mol. The quantitative estimate of drug-likeness (QED) is 0.385. The van der Waals surface area contributed by atoms with Crippen molar-refractivity contribution in [2.75, 3.05) is 66.1 Å². The Bertz CT molecular complexity index is 376. The number of hydrogen-bond acceptors (Lipinski definition) is 4. The summed E-state index contributed by atoms with van der Waals surface area (Å²) in [4.78, 5) is 9.89. The SMILES string of the molecule is CCNC(=NCCN1CCCCCC1)N1CCC(OCCCOC)CC1. The van der Waals surface area contributed by atoms with Crippen LogP contribution in [-0.2, 0) is 9.47 Å². The van der Waals surface area contributed by atoms with Crippen LogP contribution in [-0.4, -0.2) is 88.0 Å². The lowest BCUT2D eigenvalue weighted by molar-refractivity contribution is 0.00990. The van der Waals surface area contributed by atoms with Crippen molar-refractivity contribution in [1.82, 2.24) is 15.1 Å². The number of rotatable bonds is 9. The molecule has 26 heavy (non-hydrogen) atoms. The van der Waals surface area contributed by atoms with Gasteiger partial charge in [0.1, 0.15) is 0 Å². The topological polar surface area (TPSA) is 49.3 Å². The normalized spacial score (nSPS) is 21.0. The molecule has 1 N–H and O–H groups in total. The smallest absolute Gasteiger partial charge is 0.193 e. The number of nitrogens with zero attached hydrogens (tertiary/aromatic N) is 3. The molecule has 2 saturated heterocycles. The number of ether oxygens (including phenoxy) is 2. The first-order valence-corrected chi connectivity index (χ1v) is 10.7. The number of nitrogens with one attached hydrogen (secondary N) is 1. The molecule has 0 atom stereocenters. The minimum absolute atomic E-state index is 0.392. The number of aliphatic imine (C=N–C) groups is 1. The largest absolute Gasteiger partial charge is 0.385 e. The summed E-state index contributed by atoms with van der Waals surface area (Å²) in [5.74, 6) is 1.08. The molecule has 2 fully saturated rings. The molecule has 0 aromatic rings. The third kappa shape index (κ3) is 8.23. The fraction of sp³-hybridized carbons (Fsp3) is 0.950.